The van der Waals surface area contributed by atoms with E-state index in [9.17, 15) is 9.00 Å². The largest absolute Gasteiger partial charge is 0.442 e. The van der Waals surface area contributed by atoms with Crippen molar-refractivity contribution < 1.29 is 13.7 Å². The van der Waals surface area contributed by atoms with Gasteiger partial charge in [-0.15, -0.1) is 17.0 Å². The summed E-state index contributed by atoms with van der Waals surface area (Å²) in [4.78, 5) is 11.1. The van der Waals surface area contributed by atoms with Crippen molar-refractivity contribution in [3.63, 3.8) is 0 Å². The predicted octanol–water partition coefficient (Wildman–Crippen LogP) is 2.38. The van der Waals surface area contributed by atoms with Crippen molar-refractivity contribution in [2.24, 2.45) is 4.36 Å². The van der Waals surface area contributed by atoms with Gasteiger partial charge in [0.05, 0.1) is 14.8 Å². The topological polar surface area (TPSA) is 55.7 Å². The van der Waals surface area contributed by atoms with Gasteiger partial charge in [0.25, 0.3) is 0 Å². The van der Waals surface area contributed by atoms with Crippen LogP contribution in [-0.4, -0.2) is 15.9 Å². The molecule has 4 nitrogen and oxygen atoms in total. The molecule has 0 aliphatic rings. The maximum atomic E-state index is 11.2. The van der Waals surface area contributed by atoms with Crippen LogP contribution >= 0.6 is 12.6 Å². The number of hydrogen-bond acceptors (Lipinski definition) is 4. The predicted molar refractivity (Wildman–Crippen MR) is 60.9 cm³/mol. The Morgan fingerprint density at radius 3 is 2.36 bits per heavy atom. The second-order valence-electron chi connectivity index (χ2n) is 3.50. The molecule has 0 heterocycles. The Labute approximate surface area is 91.3 Å². The summed E-state index contributed by atoms with van der Waals surface area (Å²) in [6.07, 6.45) is 0.697. The van der Waals surface area contributed by atoms with E-state index in [-0.39, 0.29) is 4.24 Å². The smallest absolute Gasteiger partial charge is 0.442 e. The van der Waals surface area contributed by atoms with Crippen LogP contribution in [0, 0.1) is 0 Å². The van der Waals surface area contributed by atoms with Gasteiger partial charge in [0, 0.05) is 0 Å². The highest BCUT2D eigenvalue weighted by molar-refractivity contribution is 8.02. The summed E-state index contributed by atoms with van der Waals surface area (Å²) < 4.78 is 19.7. The summed E-state index contributed by atoms with van der Waals surface area (Å²) in [5.74, 6) is 0. The van der Waals surface area contributed by atoms with Crippen LogP contribution in [0.25, 0.3) is 0 Å². The SMILES string of the molecule is C/C=C(\S)[SH](=O)=NC(=O)OC(C)(C)C. The average Bonchev–Trinajstić information content (AvgIpc) is 1.99. The van der Waals surface area contributed by atoms with Gasteiger partial charge in [-0.1, -0.05) is 6.08 Å². The molecule has 1 atom stereocenters. The number of rotatable bonds is 1. The van der Waals surface area contributed by atoms with Crippen LogP contribution in [0.15, 0.2) is 14.7 Å². The zero-order valence-corrected chi connectivity index (χ0v) is 10.4. The first-order valence-electron chi connectivity index (χ1n) is 4.03. The Morgan fingerprint density at radius 1 is 1.50 bits per heavy atom. The van der Waals surface area contributed by atoms with Crippen LogP contribution in [-0.2, 0) is 15.3 Å². The third-order valence-corrected chi connectivity index (χ3v) is 2.79. The van der Waals surface area contributed by atoms with Gasteiger partial charge in [0.2, 0.25) is 0 Å². The molecule has 0 radical (unpaired) electrons. The Hall–Kier alpha value is -0.490. The average molecular weight is 237 g/mol. The number of carbonyl (C=O) groups is 1. The second-order valence-corrected chi connectivity index (χ2v) is 5.56. The molecule has 0 rings (SSSR count). The summed E-state index contributed by atoms with van der Waals surface area (Å²) in [7, 11) is -2.11. The van der Waals surface area contributed by atoms with E-state index in [0.29, 0.717) is 0 Å². The van der Waals surface area contributed by atoms with Gasteiger partial charge in [-0.2, -0.15) is 0 Å². The number of allylic oxidation sites excluding steroid dienone is 1. The molecule has 0 spiro atoms. The van der Waals surface area contributed by atoms with E-state index in [1.165, 1.54) is 6.08 Å². The first-order valence-corrected chi connectivity index (χ1v) is 5.69. The van der Waals surface area contributed by atoms with E-state index in [1.54, 1.807) is 27.7 Å². The summed E-state index contributed by atoms with van der Waals surface area (Å²) in [5, 5.41) is 0. The summed E-state index contributed by atoms with van der Waals surface area (Å²) in [6.45, 7) is 6.81. The maximum absolute atomic E-state index is 11.2. The Balaban J connectivity index is 4.55. The van der Waals surface area contributed by atoms with Gasteiger partial charge in [0.15, 0.2) is 0 Å². The lowest BCUT2D eigenvalue weighted by molar-refractivity contribution is 0.0608. The summed E-state index contributed by atoms with van der Waals surface area (Å²) in [6, 6.07) is 0. The third-order valence-electron chi connectivity index (χ3n) is 1.02. The van der Waals surface area contributed by atoms with Crippen LogP contribution in [0.3, 0.4) is 0 Å². The molecule has 6 heteroatoms. The molecule has 1 unspecified atom stereocenters. The molecule has 0 N–H and O–H groups in total. The molecule has 0 saturated heterocycles. The number of hydrogen-bond donors (Lipinski definition) is 2. The Bertz CT molecular complexity index is 322. The number of amides is 1. The fraction of sp³-hybridized carbons (Fsp3) is 0.625. The van der Waals surface area contributed by atoms with Gasteiger partial charge < -0.3 is 4.74 Å². The van der Waals surface area contributed by atoms with Gasteiger partial charge >= 0.3 is 6.09 Å². The molecule has 0 aromatic carbocycles. The van der Waals surface area contributed by atoms with Gasteiger partial charge in [0.1, 0.15) is 5.60 Å². The van der Waals surface area contributed by atoms with Crippen molar-refractivity contribution in [3.8, 4) is 0 Å². The molecule has 0 aromatic rings. The Kier molecular flexibility index (Phi) is 5.22. The second kappa shape index (κ2) is 5.41. The number of thiol groups is 2. The first-order chi connectivity index (χ1) is 6.26. The maximum Gasteiger partial charge on any atom is 0.442 e. The molecule has 14 heavy (non-hydrogen) atoms. The number of ether oxygens (including phenoxy) is 1. The zero-order chi connectivity index (χ0) is 11.4. The minimum absolute atomic E-state index is 0.269. The number of carbonyl (C=O) groups excluding carboxylic acids is 1. The van der Waals surface area contributed by atoms with E-state index >= 15 is 0 Å². The quantitative estimate of drug-likeness (QED) is 0.688. The standard InChI is InChI=1S/C8H15NO3S2/c1-5-6(13)14(11)9-7(10)12-8(2,3)4/h5,13-14H,1-4H3/b6-5+. The molecule has 0 aromatic heterocycles. The lowest BCUT2D eigenvalue weighted by Crippen LogP contribution is -2.21. The van der Waals surface area contributed by atoms with Crippen LogP contribution in [0.2, 0.25) is 0 Å². The van der Waals surface area contributed by atoms with Crippen molar-refractivity contribution in [2.75, 3.05) is 0 Å². The third kappa shape index (κ3) is 6.04. The monoisotopic (exact) mass is 237 g/mol. The highest BCUT2D eigenvalue weighted by atomic mass is 32.2. The van der Waals surface area contributed by atoms with Crippen molar-refractivity contribution in [2.45, 2.75) is 33.3 Å². The lowest BCUT2D eigenvalue weighted by atomic mass is 10.2. The normalized spacial score (nSPS) is 15.4. The molecule has 0 aliphatic heterocycles. The highest BCUT2D eigenvalue weighted by Crippen LogP contribution is 2.09. The molecule has 82 valence electrons. The molecule has 0 fully saturated rings. The highest BCUT2D eigenvalue weighted by Gasteiger charge is 2.15. The van der Waals surface area contributed by atoms with E-state index < -0.39 is 22.3 Å². The molecule has 0 aliphatic carbocycles. The fourth-order valence-corrected chi connectivity index (χ4v) is 1.16. The minimum Gasteiger partial charge on any atom is -0.442 e. The first kappa shape index (κ1) is 13.5. The molecular weight excluding hydrogens is 222 g/mol. The van der Waals surface area contributed by atoms with Crippen molar-refractivity contribution >= 4 is 29.3 Å². The van der Waals surface area contributed by atoms with E-state index in [4.69, 9.17) is 4.74 Å². The van der Waals surface area contributed by atoms with Crippen LogP contribution in [0.4, 0.5) is 4.79 Å². The molecular formula is C8H15NO3S2. The fourth-order valence-electron chi connectivity index (χ4n) is 0.518. The lowest BCUT2D eigenvalue weighted by Gasteiger charge is -2.16. The zero-order valence-electron chi connectivity index (χ0n) is 8.64. The van der Waals surface area contributed by atoms with Crippen molar-refractivity contribution in [3.05, 3.63) is 10.3 Å². The Morgan fingerprint density at radius 2 is 2.00 bits per heavy atom. The van der Waals surface area contributed by atoms with Gasteiger partial charge in [-0.25, -0.2) is 9.00 Å². The minimum atomic E-state index is -2.11. The molecule has 0 bridgehead atoms. The van der Waals surface area contributed by atoms with Crippen molar-refractivity contribution in [1.82, 2.24) is 0 Å². The summed E-state index contributed by atoms with van der Waals surface area (Å²) in [5.41, 5.74) is -0.622. The van der Waals surface area contributed by atoms with E-state index in [2.05, 4.69) is 17.0 Å². The van der Waals surface area contributed by atoms with Crippen LogP contribution in [0.5, 0.6) is 0 Å². The molecule has 1 amide bonds. The van der Waals surface area contributed by atoms with Gasteiger partial charge in [-0.3, -0.25) is 0 Å². The van der Waals surface area contributed by atoms with Crippen LogP contribution < -0.4 is 0 Å². The molecule has 0 saturated carbocycles. The van der Waals surface area contributed by atoms with E-state index in [1.807, 2.05) is 0 Å². The van der Waals surface area contributed by atoms with Crippen LogP contribution in [0.1, 0.15) is 27.7 Å². The summed E-state index contributed by atoms with van der Waals surface area (Å²) >= 11 is 3.89. The van der Waals surface area contributed by atoms with Crippen molar-refractivity contribution in [1.29, 1.82) is 0 Å². The number of nitrogens with zero attached hydrogens (tertiary/aromatic N) is 1. The van der Waals surface area contributed by atoms with Gasteiger partial charge in [-0.05, 0) is 27.7 Å². The van der Waals surface area contributed by atoms with E-state index in [0.717, 1.165) is 0 Å².